The number of hydrogen-bond donors (Lipinski definition) is 1. The van der Waals surface area contributed by atoms with Gasteiger partial charge in [-0.1, -0.05) is 42.5 Å². The maximum absolute atomic E-state index is 13.3. The molecular formula is C24H20N4O3S. The van der Waals surface area contributed by atoms with Crippen LogP contribution in [0.1, 0.15) is 13.3 Å². The lowest BCUT2D eigenvalue weighted by Crippen LogP contribution is -2.42. The van der Waals surface area contributed by atoms with Crippen LogP contribution >= 0.6 is 11.3 Å². The molecule has 160 valence electrons. The van der Waals surface area contributed by atoms with E-state index in [1.807, 2.05) is 49.4 Å². The van der Waals surface area contributed by atoms with Crippen LogP contribution in [0.5, 0.6) is 0 Å². The number of rotatable bonds is 3. The number of carbonyl (C=O) groups excluding carboxylic acids is 2. The highest BCUT2D eigenvalue weighted by Crippen LogP contribution is 2.32. The van der Waals surface area contributed by atoms with Crippen molar-refractivity contribution in [1.82, 2.24) is 9.55 Å². The van der Waals surface area contributed by atoms with Crippen LogP contribution in [0.2, 0.25) is 0 Å². The molecule has 0 unspecified atom stereocenters. The summed E-state index contributed by atoms with van der Waals surface area (Å²) in [6.07, 6.45) is 1.60. The highest BCUT2D eigenvalue weighted by atomic mass is 32.1. The van der Waals surface area contributed by atoms with Gasteiger partial charge in [0, 0.05) is 17.3 Å². The second-order valence-corrected chi connectivity index (χ2v) is 8.79. The van der Waals surface area contributed by atoms with Crippen LogP contribution in [0, 0.1) is 0 Å². The molecule has 1 atom stereocenters. The summed E-state index contributed by atoms with van der Waals surface area (Å²) in [6, 6.07) is 18.5. The molecular weight excluding hydrogens is 424 g/mol. The topological polar surface area (TPSA) is 84.3 Å². The summed E-state index contributed by atoms with van der Waals surface area (Å²) in [4.78, 5) is 46.2. The lowest BCUT2D eigenvalue weighted by atomic mass is 10.1. The molecule has 2 aromatic carbocycles. The van der Waals surface area contributed by atoms with Crippen molar-refractivity contribution in [2.75, 3.05) is 10.2 Å². The number of nitrogens with one attached hydrogen (secondary N) is 1. The normalized spacial score (nSPS) is 15.8. The van der Waals surface area contributed by atoms with Gasteiger partial charge >= 0.3 is 0 Å². The zero-order chi connectivity index (χ0) is 22.2. The quantitative estimate of drug-likeness (QED) is 0.520. The summed E-state index contributed by atoms with van der Waals surface area (Å²) < 4.78 is 1.33. The monoisotopic (exact) mass is 444 g/mol. The van der Waals surface area contributed by atoms with E-state index in [0.29, 0.717) is 21.6 Å². The third-order valence-electron chi connectivity index (χ3n) is 5.51. The average molecular weight is 445 g/mol. The number of hydrogen-bond acceptors (Lipinski definition) is 5. The van der Waals surface area contributed by atoms with E-state index in [1.54, 1.807) is 23.1 Å². The third kappa shape index (κ3) is 3.58. The van der Waals surface area contributed by atoms with Crippen molar-refractivity contribution < 1.29 is 9.59 Å². The molecule has 32 heavy (non-hydrogen) atoms. The largest absolute Gasteiger partial charge is 0.324 e. The number of anilines is 2. The molecule has 2 aromatic heterocycles. The van der Waals surface area contributed by atoms with Gasteiger partial charge in [-0.3, -0.25) is 19.0 Å². The van der Waals surface area contributed by atoms with Gasteiger partial charge in [0.25, 0.3) is 5.56 Å². The number of benzene rings is 2. The first-order chi connectivity index (χ1) is 15.5. The molecule has 0 spiro atoms. The Morgan fingerprint density at radius 3 is 2.69 bits per heavy atom. The average Bonchev–Trinajstić information content (AvgIpc) is 3.17. The van der Waals surface area contributed by atoms with E-state index < -0.39 is 0 Å². The van der Waals surface area contributed by atoms with Crippen molar-refractivity contribution in [3.05, 3.63) is 77.3 Å². The molecule has 0 bridgehead atoms. The molecule has 0 fully saturated rings. The van der Waals surface area contributed by atoms with Crippen molar-refractivity contribution >= 4 is 44.7 Å². The fourth-order valence-electron chi connectivity index (χ4n) is 4.01. The minimum absolute atomic E-state index is 0.146. The second-order valence-electron chi connectivity index (χ2n) is 7.76. The molecule has 0 radical (unpaired) electrons. The Morgan fingerprint density at radius 2 is 1.88 bits per heavy atom. The minimum Gasteiger partial charge on any atom is -0.324 e. The number of amides is 2. The molecule has 3 heterocycles. The van der Waals surface area contributed by atoms with E-state index in [0.717, 1.165) is 10.4 Å². The fourth-order valence-corrected chi connectivity index (χ4v) is 5.00. The van der Waals surface area contributed by atoms with Gasteiger partial charge in [0.1, 0.15) is 11.4 Å². The Labute approximate surface area is 187 Å². The standard InChI is InChI=1S/C24H20N4O3S/c1-15-11-21(29)26-18-9-5-6-10-19(18)28(15)22(30)13-27-14-25-23-17(24(27)31)12-20(32-23)16-7-3-2-4-8-16/h2-10,12,14-15H,11,13H2,1H3,(H,26,29)/t15-/m0/s1. The van der Waals surface area contributed by atoms with Gasteiger partial charge in [0.15, 0.2) is 0 Å². The first-order valence-electron chi connectivity index (χ1n) is 10.3. The van der Waals surface area contributed by atoms with Gasteiger partial charge in [-0.2, -0.15) is 0 Å². The predicted octanol–water partition coefficient (Wildman–Crippen LogP) is 3.89. The van der Waals surface area contributed by atoms with Crippen LogP contribution < -0.4 is 15.8 Å². The van der Waals surface area contributed by atoms with Crippen LogP contribution in [0.25, 0.3) is 20.7 Å². The van der Waals surface area contributed by atoms with Crippen LogP contribution in [0.3, 0.4) is 0 Å². The van der Waals surface area contributed by atoms with E-state index in [9.17, 15) is 14.4 Å². The maximum atomic E-state index is 13.3. The highest BCUT2D eigenvalue weighted by molar-refractivity contribution is 7.21. The molecule has 2 amide bonds. The van der Waals surface area contributed by atoms with E-state index in [4.69, 9.17) is 0 Å². The van der Waals surface area contributed by atoms with Crippen LogP contribution in [-0.4, -0.2) is 27.4 Å². The molecule has 0 saturated heterocycles. The minimum atomic E-state index is -0.343. The zero-order valence-electron chi connectivity index (χ0n) is 17.3. The Morgan fingerprint density at radius 1 is 1.12 bits per heavy atom. The van der Waals surface area contributed by atoms with Crippen LogP contribution in [0.4, 0.5) is 11.4 Å². The number of nitrogens with zero attached hydrogens (tertiary/aromatic N) is 3. The van der Waals surface area contributed by atoms with Gasteiger partial charge in [-0.15, -0.1) is 11.3 Å². The van der Waals surface area contributed by atoms with E-state index in [-0.39, 0.29) is 36.4 Å². The summed E-state index contributed by atoms with van der Waals surface area (Å²) in [7, 11) is 0. The van der Waals surface area contributed by atoms with Gasteiger partial charge in [0.05, 0.1) is 23.1 Å². The summed E-state index contributed by atoms with van der Waals surface area (Å²) in [5, 5.41) is 3.33. The van der Waals surface area contributed by atoms with Crippen LogP contribution in [-0.2, 0) is 16.1 Å². The number of aromatic nitrogens is 2. The fraction of sp³-hybridized carbons (Fsp3) is 0.167. The van der Waals surface area contributed by atoms with Gasteiger partial charge in [-0.05, 0) is 30.7 Å². The van der Waals surface area contributed by atoms with Crippen molar-refractivity contribution in [2.24, 2.45) is 0 Å². The maximum Gasteiger partial charge on any atom is 0.262 e. The number of para-hydroxylation sites is 2. The van der Waals surface area contributed by atoms with Crippen molar-refractivity contribution in [2.45, 2.75) is 25.9 Å². The van der Waals surface area contributed by atoms with E-state index in [2.05, 4.69) is 10.3 Å². The zero-order valence-corrected chi connectivity index (χ0v) is 18.1. The Bertz CT molecular complexity index is 1390. The summed E-state index contributed by atoms with van der Waals surface area (Å²) in [5.74, 6) is -0.421. The molecule has 4 aromatic rings. The van der Waals surface area contributed by atoms with Gasteiger partial charge in [0.2, 0.25) is 11.8 Å². The van der Waals surface area contributed by atoms with Crippen molar-refractivity contribution in [3.63, 3.8) is 0 Å². The molecule has 7 nitrogen and oxygen atoms in total. The number of carbonyl (C=O) groups is 2. The lowest BCUT2D eigenvalue weighted by Gasteiger charge is -2.28. The van der Waals surface area contributed by atoms with E-state index in [1.165, 1.54) is 22.2 Å². The number of thiophene rings is 1. The van der Waals surface area contributed by atoms with Gasteiger partial charge < -0.3 is 10.2 Å². The van der Waals surface area contributed by atoms with Crippen molar-refractivity contribution in [3.8, 4) is 10.4 Å². The highest BCUT2D eigenvalue weighted by Gasteiger charge is 2.29. The molecule has 0 aliphatic carbocycles. The molecule has 8 heteroatoms. The Balaban J connectivity index is 1.49. The SMILES string of the molecule is C[C@H]1CC(=O)Nc2ccccc2N1C(=O)Cn1cnc2sc(-c3ccccc3)cc2c1=O. The predicted molar refractivity (Wildman–Crippen MR) is 126 cm³/mol. The summed E-state index contributed by atoms with van der Waals surface area (Å²) >= 11 is 1.45. The first kappa shape index (κ1) is 20.1. The summed E-state index contributed by atoms with van der Waals surface area (Å²) in [5.41, 5.74) is 1.97. The Kier molecular flexibility index (Phi) is 5.07. The number of fused-ring (bicyclic) bond motifs is 2. The Hall–Kier alpha value is -3.78. The lowest BCUT2D eigenvalue weighted by molar-refractivity contribution is -0.120. The molecule has 5 rings (SSSR count). The summed E-state index contributed by atoms with van der Waals surface area (Å²) in [6.45, 7) is 1.67. The molecule has 1 N–H and O–H groups in total. The third-order valence-corrected chi connectivity index (χ3v) is 6.60. The van der Waals surface area contributed by atoms with Crippen molar-refractivity contribution in [1.29, 1.82) is 0 Å². The molecule has 1 aliphatic heterocycles. The smallest absolute Gasteiger partial charge is 0.262 e. The molecule has 0 saturated carbocycles. The van der Waals surface area contributed by atoms with Gasteiger partial charge in [-0.25, -0.2) is 4.98 Å². The first-order valence-corrected chi connectivity index (χ1v) is 11.1. The van der Waals surface area contributed by atoms with E-state index >= 15 is 0 Å². The second kappa shape index (κ2) is 8.05. The van der Waals surface area contributed by atoms with Crippen LogP contribution in [0.15, 0.2) is 71.8 Å². The molecule has 1 aliphatic rings.